The van der Waals surface area contributed by atoms with Crippen LogP contribution in [0, 0.1) is 22.7 Å². The lowest BCUT2D eigenvalue weighted by atomic mass is 9.41. The van der Waals surface area contributed by atoms with Crippen LogP contribution in [-0.4, -0.2) is 62.3 Å². The maximum Gasteiger partial charge on any atom is 0.231 e. The van der Waals surface area contributed by atoms with E-state index in [4.69, 9.17) is 9.47 Å². The van der Waals surface area contributed by atoms with Crippen LogP contribution in [0.4, 0.5) is 5.69 Å². The monoisotopic (exact) mass is 617 g/mol. The highest BCUT2D eigenvalue weighted by molar-refractivity contribution is 6.09. The number of nitrogens with one attached hydrogen (secondary N) is 1. The molecule has 8 nitrogen and oxygen atoms in total. The summed E-state index contributed by atoms with van der Waals surface area (Å²) < 4.78 is 12.6. The molecule has 7 rings (SSSR count). The van der Waals surface area contributed by atoms with Gasteiger partial charge in [-0.15, -0.1) is 0 Å². The van der Waals surface area contributed by atoms with E-state index in [1.165, 1.54) is 11.6 Å². The summed E-state index contributed by atoms with van der Waals surface area (Å²) in [6, 6.07) is 3.97. The van der Waals surface area contributed by atoms with Gasteiger partial charge in [0.1, 0.15) is 6.10 Å². The van der Waals surface area contributed by atoms with Crippen molar-refractivity contribution in [1.29, 1.82) is 0 Å². The number of carbonyl (C=O) groups excluding carboxylic acids is 3. The summed E-state index contributed by atoms with van der Waals surface area (Å²) in [6.07, 6.45) is 4.77. The Morgan fingerprint density at radius 1 is 0.956 bits per heavy atom. The Labute approximate surface area is 265 Å². The lowest BCUT2D eigenvalue weighted by Gasteiger charge is -2.65. The number of rotatable bonds is 1. The molecule has 7 unspecified atom stereocenters. The molecule has 6 aliphatic rings. The SMILES string of the molecule is CC1(C)C=C2c3cc4c(cc3CC2C(C)(C)O1)C(=O)CC1CCC2(O)C3=CC(=O)C(C(C)(C)O)OC3CCC2(C)C1(C)C(=O)N4. The second kappa shape index (κ2) is 9.24. The molecule has 2 fully saturated rings. The number of benzene rings is 1. The zero-order valence-corrected chi connectivity index (χ0v) is 27.8. The molecule has 1 aromatic rings. The summed E-state index contributed by atoms with van der Waals surface area (Å²) in [5.41, 5.74) is -0.888. The molecule has 7 atom stereocenters. The summed E-state index contributed by atoms with van der Waals surface area (Å²) in [4.78, 5) is 42.0. The normalized spacial score (nSPS) is 39.8. The topological polar surface area (TPSA) is 122 Å². The highest BCUT2D eigenvalue weighted by Gasteiger charge is 2.70. The Hall–Kier alpha value is -2.65. The first-order valence-electron chi connectivity index (χ1n) is 16.5. The molecule has 3 heterocycles. The van der Waals surface area contributed by atoms with E-state index in [0.29, 0.717) is 42.5 Å². The third-order valence-electron chi connectivity index (χ3n) is 12.6. The van der Waals surface area contributed by atoms with Crippen LogP contribution in [0.5, 0.6) is 0 Å². The van der Waals surface area contributed by atoms with E-state index in [2.05, 4.69) is 39.1 Å². The Morgan fingerprint density at radius 2 is 1.67 bits per heavy atom. The largest absolute Gasteiger partial charge is 0.387 e. The number of ketones is 2. The van der Waals surface area contributed by atoms with E-state index in [-0.39, 0.29) is 41.3 Å². The quantitative estimate of drug-likeness (QED) is 0.389. The first kappa shape index (κ1) is 31.0. The number of ether oxygens (including phenoxy) is 2. The molecule has 2 saturated carbocycles. The van der Waals surface area contributed by atoms with Crippen molar-refractivity contribution < 1.29 is 34.1 Å². The van der Waals surface area contributed by atoms with E-state index in [1.807, 2.05) is 26.0 Å². The number of hydrogen-bond acceptors (Lipinski definition) is 7. The predicted molar refractivity (Wildman–Crippen MR) is 170 cm³/mol. The van der Waals surface area contributed by atoms with Crippen molar-refractivity contribution in [2.75, 3.05) is 5.32 Å². The summed E-state index contributed by atoms with van der Waals surface area (Å²) >= 11 is 0. The highest BCUT2D eigenvalue weighted by atomic mass is 16.5. The molecule has 45 heavy (non-hydrogen) atoms. The van der Waals surface area contributed by atoms with Crippen LogP contribution in [-0.2, 0) is 25.5 Å². The van der Waals surface area contributed by atoms with Crippen molar-refractivity contribution in [1.82, 2.24) is 0 Å². The molecule has 3 aliphatic carbocycles. The van der Waals surface area contributed by atoms with Gasteiger partial charge in [-0.05, 0) is 133 Å². The Bertz CT molecular complexity index is 1610. The van der Waals surface area contributed by atoms with Crippen molar-refractivity contribution in [2.45, 2.75) is 129 Å². The first-order chi connectivity index (χ1) is 20.7. The zero-order chi connectivity index (χ0) is 32.7. The average molecular weight is 618 g/mol. The maximum absolute atomic E-state index is 14.7. The Kier molecular flexibility index (Phi) is 6.36. The molecule has 1 aromatic carbocycles. The van der Waals surface area contributed by atoms with Gasteiger partial charge >= 0.3 is 0 Å². The van der Waals surface area contributed by atoms with Gasteiger partial charge in [-0.3, -0.25) is 14.4 Å². The molecule has 3 aliphatic heterocycles. The fourth-order valence-corrected chi connectivity index (χ4v) is 10.1. The minimum atomic E-state index is -1.49. The second-order valence-corrected chi connectivity index (χ2v) is 16.6. The smallest absolute Gasteiger partial charge is 0.231 e. The van der Waals surface area contributed by atoms with Gasteiger partial charge in [-0.1, -0.05) is 6.92 Å². The van der Waals surface area contributed by atoms with Crippen LogP contribution >= 0.6 is 0 Å². The van der Waals surface area contributed by atoms with Crippen LogP contribution < -0.4 is 5.32 Å². The molecule has 0 bridgehead atoms. The highest BCUT2D eigenvalue weighted by Crippen LogP contribution is 2.67. The van der Waals surface area contributed by atoms with Crippen LogP contribution in [0.1, 0.15) is 109 Å². The van der Waals surface area contributed by atoms with Gasteiger partial charge in [0, 0.05) is 23.3 Å². The summed E-state index contributed by atoms with van der Waals surface area (Å²) in [5.74, 6) is -0.750. The van der Waals surface area contributed by atoms with Gasteiger partial charge in [0.05, 0.1) is 39.6 Å². The van der Waals surface area contributed by atoms with Gasteiger partial charge in [0.15, 0.2) is 11.6 Å². The number of aliphatic hydroxyl groups is 2. The third-order valence-corrected chi connectivity index (χ3v) is 12.6. The van der Waals surface area contributed by atoms with Crippen molar-refractivity contribution in [3.8, 4) is 0 Å². The Balaban J connectivity index is 1.30. The number of hydrogen-bond donors (Lipinski definition) is 3. The van der Waals surface area contributed by atoms with Gasteiger partial charge in [0.2, 0.25) is 5.91 Å². The fourth-order valence-electron chi connectivity index (χ4n) is 10.1. The van der Waals surface area contributed by atoms with Crippen LogP contribution in [0.25, 0.3) is 5.57 Å². The zero-order valence-electron chi connectivity index (χ0n) is 27.8. The van der Waals surface area contributed by atoms with Crippen LogP contribution in [0.3, 0.4) is 0 Å². The van der Waals surface area contributed by atoms with Crippen molar-refractivity contribution in [2.24, 2.45) is 22.7 Å². The van der Waals surface area contributed by atoms with Crippen LogP contribution in [0.2, 0.25) is 0 Å². The van der Waals surface area contributed by atoms with E-state index in [9.17, 15) is 24.6 Å². The molecule has 242 valence electrons. The molecule has 0 radical (unpaired) electrons. The fraction of sp³-hybridized carbons (Fsp3) is 0.649. The maximum atomic E-state index is 14.7. The van der Waals surface area contributed by atoms with Gasteiger partial charge < -0.3 is 25.0 Å². The lowest BCUT2D eigenvalue weighted by Crippen LogP contribution is -2.70. The Morgan fingerprint density at radius 3 is 2.36 bits per heavy atom. The number of Topliss-reactive ketones (excluding diaryl/α,β-unsaturated/α-hetero) is 1. The molecular weight excluding hydrogens is 570 g/mol. The van der Waals surface area contributed by atoms with Crippen molar-refractivity contribution in [3.05, 3.63) is 46.5 Å². The summed E-state index contributed by atoms with van der Waals surface area (Å²) in [6.45, 7) is 15.3. The number of anilines is 1. The van der Waals surface area contributed by atoms with Crippen molar-refractivity contribution >= 4 is 28.7 Å². The van der Waals surface area contributed by atoms with Gasteiger partial charge in [-0.2, -0.15) is 0 Å². The average Bonchev–Trinajstić information content (AvgIpc) is 3.27. The molecule has 8 heteroatoms. The second-order valence-electron chi connectivity index (χ2n) is 16.6. The van der Waals surface area contributed by atoms with E-state index in [1.54, 1.807) is 13.8 Å². The van der Waals surface area contributed by atoms with E-state index >= 15 is 0 Å². The van der Waals surface area contributed by atoms with Gasteiger partial charge in [-0.25, -0.2) is 0 Å². The molecular formula is C37H47NO7. The lowest BCUT2D eigenvalue weighted by molar-refractivity contribution is -0.215. The first-order valence-corrected chi connectivity index (χ1v) is 16.5. The van der Waals surface area contributed by atoms with E-state index in [0.717, 1.165) is 17.5 Å². The summed E-state index contributed by atoms with van der Waals surface area (Å²) in [5, 5.41) is 26.4. The summed E-state index contributed by atoms with van der Waals surface area (Å²) in [7, 11) is 0. The standard InChI is InChI=1S/C37H47NO7/c1-32(2)18-23-21-16-26-22(13-19(21)14-24(23)34(5,6)45-32)27(39)15-20-9-12-37(43)25-17-28(40)30(33(3,4)42)44-29(25)10-11-35(37,7)36(20,8)31(41)38-26/h13,16-18,20,24,29-30,42-43H,9-12,14-15H2,1-8H3,(H,38,41). The minimum absolute atomic E-state index is 0.00476. The van der Waals surface area contributed by atoms with Crippen LogP contribution in [0.15, 0.2) is 29.9 Å². The number of amides is 1. The van der Waals surface area contributed by atoms with Crippen molar-refractivity contribution in [3.63, 3.8) is 0 Å². The molecule has 3 N–H and O–H groups in total. The minimum Gasteiger partial charge on any atom is -0.387 e. The number of fused-ring (bicyclic) bond motifs is 9. The van der Waals surface area contributed by atoms with Gasteiger partial charge in [0.25, 0.3) is 0 Å². The molecule has 0 saturated heterocycles. The molecule has 1 amide bonds. The third kappa shape index (κ3) is 4.14. The predicted octanol–water partition coefficient (Wildman–Crippen LogP) is 5.34. The molecule has 0 aromatic heterocycles. The number of carbonyl (C=O) groups is 3. The van der Waals surface area contributed by atoms with E-state index < -0.39 is 39.8 Å². The molecule has 0 spiro atoms.